The SMILES string of the molecule is CCCCN1C(=O)CC[C@@H](C(=O)NCCc2ccc(F)cc2)[C@H]1c1ccccc1OC. The van der Waals surface area contributed by atoms with Crippen molar-refractivity contribution in [3.05, 3.63) is 65.5 Å². The molecule has 1 aliphatic heterocycles. The zero-order chi connectivity index (χ0) is 22.2. The Balaban J connectivity index is 1.78. The van der Waals surface area contributed by atoms with Crippen molar-refractivity contribution in [3.63, 3.8) is 0 Å². The fourth-order valence-corrected chi connectivity index (χ4v) is 4.23. The molecule has 1 heterocycles. The number of carbonyl (C=O) groups excluding carboxylic acids is 2. The number of benzene rings is 2. The second-order valence-electron chi connectivity index (χ2n) is 7.94. The van der Waals surface area contributed by atoms with E-state index in [0.29, 0.717) is 38.1 Å². The molecule has 0 spiro atoms. The summed E-state index contributed by atoms with van der Waals surface area (Å²) >= 11 is 0. The van der Waals surface area contributed by atoms with Crippen molar-refractivity contribution in [2.24, 2.45) is 5.92 Å². The van der Waals surface area contributed by atoms with Gasteiger partial charge in [0, 0.05) is 25.1 Å². The Bertz CT molecular complexity index is 885. The van der Waals surface area contributed by atoms with Crippen LogP contribution in [-0.4, -0.2) is 36.9 Å². The zero-order valence-corrected chi connectivity index (χ0v) is 18.3. The summed E-state index contributed by atoms with van der Waals surface area (Å²) in [7, 11) is 1.61. The second kappa shape index (κ2) is 10.9. The number of methoxy groups -OCH3 is 1. The summed E-state index contributed by atoms with van der Waals surface area (Å²) < 4.78 is 18.7. The number of hydrogen-bond donors (Lipinski definition) is 1. The third-order valence-electron chi connectivity index (χ3n) is 5.88. The van der Waals surface area contributed by atoms with Crippen LogP contribution in [0.1, 0.15) is 49.8 Å². The van der Waals surface area contributed by atoms with E-state index in [0.717, 1.165) is 24.0 Å². The summed E-state index contributed by atoms with van der Waals surface area (Å²) in [6, 6.07) is 13.6. The molecule has 0 aliphatic carbocycles. The number of carbonyl (C=O) groups is 2. The van der Waals surface area contributed by atoms with Gasteiger partial charge in [0.15, 0.2) is 0 Å². The first-order valence-electron chi connectivity index (χ1n) is 11.0. The molecule has 1 aliphatic rings. The lowest BCUT2D eigenvalue weighted by atomic mass is 9.83. The van der Waals surface area contributed by atoms with Crippen LogP contribution in [0.5, 0.6) is 5.75 Å². The van der Waals surface area contributed by atoms with Crippen molar-refractivity contribution in [3.8, 4) is 5.75 Å². The van der Waals surface area contributed by atoms with Gasteiger partial charge in [0.2, 0.25) is 11.8 Å². The van der Waals surface area contributed by atoms with Crippen molar-refractivity contribution < 1.29 is 18.7 Å². The molecule has 31 heavy (non-hydrogen) atoms. The second-order valence-corrected chi connectivity index (χ2v) is 7.94. The molecule has 0 saturated carbocycles. The molecule has 1 fully saturated rings. The summed E-state index contributed by atoms with van der Waals surface area (Å²) in [4.78, 5) is 27.9. The number of ether oxygens (including phenoxy) is 1. The number of halogens is 1. The maximum Gasteiger partial charge on any atom is 0.225 e. The number of piperidine rings is 1. The Hall–Kier alpha value is -2.89. The molecule has 0 aromatic heterocycles. The lowest BCUT2D eigenvalue weighted by Crippen LogP contribution is -2.48. The van der Waals surface area contributed by atoms with E-state index >= 15 is 0 Å². The van der Waals surface area contributed by atoms with Gasteiger partial charge in [-0.25, -0.2) is 4.39 Å². The molecule has 2 aromatic carbocycles. The summed E-state index contributed by atoms with van der Waals surface area (Å²) in [5.41, 5.74) is 1.83. The maximum absolute atomic E-state index is 13.2. The van der Waals surface area contributed by atoms with Gasteiger partial charge in [0.05, 0.1) is 19.1 Å². The summed E-state index contributed by atoms with van der Waals surface area (Å²) in [5.74, 6) is 0.0881. The van der Waals surface area contributed by atoms with Crippen LogP contribution in [0.3, 0.4) is 0 Å². The Kier molecular flexibility index (Phi) is 8.04. The van der Waals surface area contributed by atoms with Gasteiger partial charge in [-0.3, -0.25) is 9.59 Å². The number of nitrogens with one attached hydrogen (secondary N) is 1. The first-order chi connectivity index (χ1) is 15.0. The summed E-state index contributed by atoms with van der Waals surface area (Å²) in [5, 5.41) is 3.03. The predicted octanol–water partition coefficient (Wildman–Crippen LogP) is 4.27. The average molecular weight is 427 g/mol. The monoisotopic (exact) mass is 426 g/mol. The van der Waals surface area contributed by atoms with Crippen molar-refractivity contribution in [2.45, 2.75) is 45.1 Å². The summed E-state index contributed by atoms with van der Waals surface area (Å²) in [6.07, 6.45) is 3.35. The molecule has 2 atom stereocenters. The first-order valence-corrected chi connectivity index (χ1v) is 11.0. The lowest BCUT2D eigenvalue weighted by Gasteiger charge is -2.41. The highest BCUT2D eigenvalue weighted by atomic mass is 19.1. The minimum Gasteiger partial charge on any atom is -0.496 e. The number of hydrogen-bond acceptors (Lipinski definition) is 3. The minimum absolute atomic E-state index is 0.0629. The molecule has 5 nitrogen and oxygen atoms in total. The zero-order valence-electron chi connectivity index (χ0n) is 18.3. The number of para-hydroxylation sites is 1. The van der Waals surface area contributed by atoms with E-state index in [2.05, 4.69) is 12.2 Å². The van der Waals surface area contributed by atoms with E-state index in [1.165, 1.54) is 12.1 Å². The highest BCUT2D eigenvalue weighted by Crippen LogP contribution is 2.40. The Morgan fingerprint density at radius 1 is 1.19 bits per heavy atom. The van der Waals surface area contributed by atoms with Crippen molar-refractivity contribution in [1.29, 1.82) is 0 Å². The molecule has 166 valence electrons. The minimum atomic E-state index is -0.352. The molecule has 2 aromatic rings. The molecular formula is C25H31FN2O3. The highest BCUT2D eigenvalue weighted by molar-refractivity contribution is 5.85. The quantitative estimate of drug-likeness (QED) is 0.651. The lowest BCUT2D eigenvalue weighted by molar-refractivity contribution is -0.143. The average Bonchev–Trinajstić information content (AvgIpc) is 2.79. The van der Waals surface area contributed by atoms with Gasteiger partial charge in [-0.2, -0.15) is 0 Å². The van der Waals surface area contributed by atoms with Gasteiger partial charge in [0.25, 0.3) is 0 Å². The molecule has 0 radical (unpaired) electrons. The number of rotatable bonds is 9. The van der Waals surface area contributed by atoms with E-state index in [-0.39, 0.29) is 29.6 Å². The smallest absolute Gasteiger partial charge is 0.225 e. The fraction of sp³-hybridized carbons (Fsp3) is 0.440. The van der Waals surface area contributed by atoms with E-state index < -0.39 is 0 Å². The Morgan fingerprint density at radius 3 is 2.65 bits per heavy atom. The van der Waals surface area contributed by atoms with Crippen LogP contribution in [-0.2, 0) is 16.0 Å². The van der Waals surface area contributed by atoms with E-state index in [1.807, 2.05) is 29.2 Å². The fourth-order valence-electron chi connectivity index (χ4n) is 4.23. The molecule has 1 N–H and O–H groups in total. The van der Waals surface area contributed by atoms with Gasteiger partial charge in [0.1, 0.15) is 11.6 Å². The largest absolute Gasteiger partial charge is 0.496 e. The van der Waals surface area contributed by atoms with Crippen LogP contribution in [0.4, 0.5) is 4.39 Å². The highest BCUT2D eigenvalue weighted by Gasteiger charge is 2.41. The van der Waals surface area contributed by atoms with Gasteiger partial charge in [-0.05, 0) is 43.0 Å². The number of likely N-dealkylation sites (tertiary alicyclic amines) is 1. The van der Waals surface area contributed by atoms with Gasteiger partial charge in [-0.1, -0.05) is 43.7 Å². The van der Waals surface area contributed by atoms with E-state index in [9.17, 15) is 14.0 Å². The topological polar surface area (TPSA) is 58.6 Å². The van der Waals surface area contributed by atoms with Crippen LogP contribution in [0.25, 0.3) is 0 Å². The van der Waals surface area contributed by atoms with Crippen LogP contribution >= 0.6 is 0 Å². The third-order valence-corrected chi connectivity index (χ3v) is 5.88. The van der Waals surface area contributed by atoms with Crippen molar-refractivity contribution in [1.82, 2.24) is 10.2 Å². The van der Waals surface area contributed by atoms with Crippen molar-refractivity contribution in [2.75, 3.05) is 20.2 Å². The molecule has 0 unspecified atom stereocenters. The third kappa shape index (κ3) is 5.63. The predicted molar refractivity (Wildman–Crippen MR) is 118 cm³/mol. The molecule has 0 bridgehead atoms. The standard InChI is InChI=1S/C25H31FN2O3/c1-3-4-17-28-23(29)14-13-21(24(28)20-7-5-6-8-22(20)31-2)25(30)27-16-15-18-9-11-19(26)12-10-18/h5-12,21,24H,3-4,13-17H2,1-2H3,(H,27,30)/t21-,24-/m1/s1. The maximum atomic E-state index is 13.2. The molecule has 1 saturated heterocycles. The number of nitrogens with zero attached hydrogens (tertiary/aromatic N) is 1. The first kappa shape index (κ1) is 22.8. The van der Waals surface area contributed by atoms with Crippen LogP contribution in [0.2, 0.25) is 0 Å². The van der Waals surface area contributed by atoms with Gasteiger partial charge < -0.3 is 15.0 Å². The Morgan fingerprint density at radius 2 is 1.94 bits per heavy atom. The van der Waals surface area contributed by atoms with Crippen LogP contribution in [0, 0.1) is 11.7 Å². The van der Waals surface area contributed by atoms with Gasteiger partial charge >= 0.3 is 0 Å². The van der Waals surface area contributed by atoms with Crippen LogP contribution < -0.4 is 10.1 Å². The molecular weight excluding hydrogens is 395 g/mol. The molecule has 6 heteroatoms. The number of unbranched alkanes of at least 4 members (excludes halogenated alkanes) is 1. The molecule has 2 amide bonds. The normalized spacial score (nSPS) is 18.7. The summed E-state index contributed by atoms with van der Waals surface area (Å²) in [6.45, 7) is 3.17. The number of amides is 2. The van der Waals surface area contributed by atoms with Crippen molar-refractivity contribution >= 4 is 11.8 Å². The molecule has 3 rings (SSSR count). The Labute approximate surface area is 183 Å². The van der Waals surface area contributed by atoms with Crippen LogP contribution in [0.15, 0.2) is 48.5 Å². The van der Waals surface area contributed by atoms with Gasteiger partial charge in [-0.15, -0.1) is 0 Å². The van der Waals surface area contributed by atoms with E-state index in [1.54, 1.807) is 19.2 Å². The van der Waals surface area contributed by atoms with E-state index in [4.69, 9.17) is 4.74 Å².